The third kappa shape index (κ3) is 7.33. The van der Waals surface area contributed by atoms with Gasteiger partial charge in [-0.2, -0.15) is 0 Å². The van der Waals surface area contributed by atoms with Crippen LogP contribution in [0.4, 0.5) is 18.0 Å². The van der Waals surface area contributed by atoms with Gasteiger partial charge in [-0.15, -0.1) is 0 Å². The number of methoxy groups -OCH3 is 1. The lowest BCUT2D eigenvalue weighted by atomic mass is 9.88. The van der Waals surface area contributed by atoms with E-state index in [4.69, 9.17) is 9.47 Å². The van der Waals surface area contributed by atoms with Crippen LogP contribution in [0, 0.1) is 23.6 Å². The number of hydrogen-bond donors (Lipinski definition) is 4. The highest BCUT2D eigenvalue weighted by Crippen LogP contribution is 2.50. The van der Waals surface area contributed by atoms with Crippen molar-refractivity contribution in [1.82, 2.24) is 25.2 Å². The molecule has 3 fully saturated rings. The molecule has 0 radical (unpaired) electrons. The van der Waals surface area contributed by atoms with Crippen molar-refractivity contribution in [1.29, 1.82) is 0 Å². The number of fused-ring (bicyclic) bond motifs is 3. The second-order valence-corrected chi connectivity index (χ2v) is 16.7. The Bertz CT molecular complexity index is 1940. The average Bonchev–Trinajstić information content (AvgIpc) is 4.00. The zero-order valence-corrected chi connectivity index (χ0v) is 30.1. The van der Waals surface area contributed by atoms with Crippen molar-refractivity contribution in [2.45, 2.75) is 93.7 Å². The third-order valence-electron chi connectivity index (χ3n) is 10.9. The molecule has 4 aliphatic rings. The van der Waals surface area contributed by atoms with Crippen LogP contribution in [0.1, 0.15) is 58.8 Å². The zero-order valence-electron chi connectivity index (χ0n) is 29.3. The lowest BCUT2D eigenvalue weighted by Crippen LogP contribution is -2.59. The number of nitrogens with one attached hydrogen (secondary N) is 3. The number of halogens is 3. The van der Waals surface area contributed by atoms with Crippen LogP contribution in [0.15, 0.2) is 36.5 Å². The van der Waals surface area contributed by atoms with Crippen LogP contribution < -0.4 is 24.8 Å². The van der Waals surface area contributed by atoms with Crippen molar-refractivity contribution in [2.75, 3.05) is 13.7 Å². The molecule has 6 rings (SSSR count). The van der Waals surface area contributed by atoms with E-state index in [1.54, 1.807) is 25.1 Å². The minimum Gasteiger partial charge on any atom is -0.494 e. The fraction of sp³-hybridized carbons (Fsp3) is 0.571. The first-order valence-corrected chi connectivity index (χ1v) is 18.9. The second-order valence-electron chi connectivity index (χ2n) is 14.6. The van der Waals surface area contributed by atoms with Crippen molar-refractivity contribution >= 4 is 44.6 Å². The lowest BCUT2D eigenvalue weighted by molar-refractivity contribution is -0.142. The Morgan fingerprint density at radius 2 is 1.91 bits per heavy atom. The topological polar surface area (TPSA) is 193 Å². The monoisotopic (exact) mass is 765 g/mol. The molecule has 0 bridgehead atoms. The number of sulfonamides is 1. The molecule has 0 spiro atoms. The van der Waals surface area contributed by atoms with Gasteiger partial charge in [-0.05, 0) is 73.9 Å². The van der Waals surface area contributed by atoms with Gasteiger partial charge >= 0.3 is 6.09 Å². The molecule has 288 valence electrons. The third-order valence-corrected chi connectivity index (χ3v) is 13.0. The predicted molar refractivity (Wildman–Crippen MR) is 183 cm³/mol. The van der Waals surface area contributed by atoms with Gasteiger partial charge in [-0.1, -0.05) is 26.0 Å². The summed E-state index contributed by atoms with van der Waals surface area (Å²) in [4.78, 5) is 59.6. The SMILES string of the molecule is COc1cc2ccnc(OC3CC4C(=O)NC5(C(=O)NS(=O)(=O)C6(C(F)F)CC6)CC5C=CCCC(C)CC(C)C(NC(=O)O)C(=O)N4C3)c2cc1F. The number of nitrogens with zero attached hydrogens (tertiary/aromatic N) is 2. The molecule has 7 unspecified atom stereocenters. The van der Waals surface area contributed by atoms with Crippen molar-refractivity contribution in [3.8, 4) is 11.6 Å². The number of rotatable bonds is 8. The molecule has 1 saturated heterocycles. The maximum Gasteiger partial charge on any atom is 0.405 e. The zero-order chi connectivity index (χ0) is 38.5. The molecular formula is C35H42F3N5O9S. The van der Waals surface area contributed by atoms with Crippen LogP contribution in [0.5, 0.6) is 11.6 Å². The fourth-order valence-corrected chi connectivity index (χ4v) is 9.05. The van der Waals surface area contributed by atoms with Gasteiger partial charge in [-0.25, -0.2) is 31.4 Å². The van der Waals surface area contributed by atoms with E-state index in [0.717, 1.165) is 4.90 Å². The number of amides is 4. The highest BCUT2D eigenvalue weighted by atomic mass is 32.2. The molecule has 2 aliphatic carbocycles. The van der Waals surface area contributed by atoms with Crippen LogP contribution in [0.3, 0.4) is 0 Å². The van der Waals surface area contributed by atoms with Gasteiger partial charge in [0.15, 0.2) is 16.3 Å². The quantitative estimate of drug-likeness (QED) is 0.289. The number of benzene rings is 1. The van der Waals surface area contributed by atoms with Crippen LogP contribution in [-0.4, -0.2) is 95.8 Å². The first-order chi connectivity index (χ1) is 25.0. The Hall–Kier alpha value is -4.61. The first-order valence-electron chi connectivity index (χ1n) is 17.4. The predicted octanol–water partition coefficient (Wildman–Crippen LogP) is 3.50. The minimum absolute atomic E-state index is 0.00598. The summed E-state index contributed by atoms with van der Waals surface area (Å²) in [5, 5.41) is 15.5. The second kappa shape index (κ2) is 14.3. The van der Waals surface area contributed by atoms with E-state index >= 15 is 0 Å². The maximum atomic E-state index is 14.8. The van der Waals surface area contributed by atoms with E-state index in [1.807, 2.05) is 11.6 Å². The van der Waals surface area contributed by atoms with Gasteiger partial charge in [0, 0.05) is 23.9 Å². The van der Waals surface area contributed by atoms with Crippen molar-refractivity contribution in [2.24, 2.45) is 17.8 Å². The number of carbonyl (C=O) groups is 4. The number of pyridine rings is 1. The number of hydrogen-bond acceptors (Lipinski definition) is 9. The normalized spacial score (nSPS) is 30.0. The van der Waals surface area contributed by atoms with E-state index in [1.165, 1.54) is 25.4 Å². The van der Waals surface area contributed by atoms with Crippen molar-refractivity contribution < 1.29 is 55.3 Å². The number of carboxylic acid groups (broad SMARTS) is 1. The Balaban J connectivity index is 1.34. The Morgan fingerprint density at radius 1 is 1.17 bits per heavy atom. The van der Waals surface area contributed by atoms with Gasteiger partial charge in [0.1, 0.15) is 23.7 Å². The number of carbonyl (C=O) groups excluding carboxylic acids is 3. The first kappa shape index (κ1) is 38.1. The number of allylic oxidation sites excluding steroid dienone is 1. The Morgan fingerprint density at radius 3 is 2.57 bits per heavy atom. The largest absolute Gasteiger partial charge is 0.494 e. The van der Waals surface area contributed by atoms with E-state index < -0.39 is 86.4 Å². The minimum atomic E-state index is -4.83. The van der Waals surface area contributed by atoms with Crippen LogP contribution >= 0.6 is 0 Å². The van der Waals surface area contributed by atoms with Gasteiger partial charge < -0.3 is 30.1 Å². The molecule has 14 nitrogen and oxygen atoms in total. The van der Waals surface area contributed by atoms with Crippen molar-refractivity contribution in [3.05, 3.63) is 42.4 Å². The van der Waals surface area contributed by atoms with Gasteiger partial charge in [0.05, 0.1) is 13.7 Å². The summed E-state index contributed by atoms with van der Waals surface area (Å²) < 4.78 is 79.1. The molecule has 2 saturated carbocycles. The summed E-state index contributed by atoms with van der Waals surface area (Å²) in [6, 6.07) is 1.62. The summed E-state index contributed by atoms with van der Waals surface area (Å²) in [6.07, 6.45) is 0.0133. The summed E-state index contributed by atoms with van der Waals surface area (Å²) in [6.45, 7) is 3.44. The van der Waals surface area contributed by atoms with E-state index in [9.17, 15) is 45.9 Å². The summed E-state index contributed by atoms with van der Waals surface area (Å²) in [5.74, 6) is -4.64. The number of ether oxygens (including phenoxy) is 2. The molecule has 3 heterocycles. The molecule has 4 N–H and O–H groups in total. The maximum absolute atomic E-state index is 14.8. The van der Waals surface area contributed by atoms with Gasteiger partial charge in [-0.3, -0.25) is 19.1 Å². The Kier molecular flexibility index (Phi) is 10.3. The summed E-state index contributed by atoms with van der Waals surface area (Å²) in [7, 11) is -3.52. The standard InChI is InChI=1S/C35H42F3N5O9S/c1-18-6-4-5-7-21-16-35(21,32(46)42-53(49,50)34(9-10-34)31(37)38)41-28(44)25-14-22(17-43(25)30(45)27(19(2)12-18)40-33(47)48)52-29-23-15-24(36)26(51-3)13-20(23)8-11-39-29/h5,7-8,11,13,15,18-19,21-22,25,27,31,40H,4,6,9-10,12,14,16-17H2,1-3H3,(H,41,44)(H,42,46)(H,47,48). The van der Waals surface area contributed by atoms with Crippen LogP contribution in [-0.2, 0) is 24.4 Å². The smallest absolute Gasteiger partial charge is 0.405 e. The summed E-state index contributed by atoms with van der Waals surface area (Å²) >= 11 is 0. The van der Waals surface area contributed by atoms with Gasteiger partial charge in [0.2, 0.25) is 27.7 Å². The molecule has 4 amide bonds. The molecule has 1 aromatic carbocycles. The molecule has 1 aromatic heterocycles. The number of aromatic nitrogens is 1. The molecule has 2 aliphatic heterocycles. The average molecular weight is 766 g/mol. The number of alkyl halides is 2. The van der Waals surface area contributed by atoms with Gasteiger partial charge in [0.25, 0.3) is 12.3 Å². The molecule has 18 heteroatoms. The van der Waals surface area contributed by atoms with E-state index in [0.29, 0.717) is 24.6 Å². The van der Waals surface area contributed by atoms with E-state index in [-0.39, 0.29) is 55.2 Å². The molecule has 2 aromatic rings. The molecular weight excluding hydrogens is 723 g/mol. The highest BCUT2D eigenvalue weighted by Gasteiger charge is 2.66. The van der Waals surface area contributed by atoms with E-state index in [2.05, 4.69) is 15.6 Å². The van der Waals surface area contributed by atoms with Crippen LogP contribution in [0.2, 0.25) is 0 Å². The highest BCUT2D eigenvalue weighted by molar-refractivity contribution is 7.91. The Labute approximate surface area is 303 Å². The molecule has 7 atom stereocenters. The lowest BCUT2D eigenvalue weighted by Gasteiger charge is -2.32. The van der Waals surface area contributed by atoms with Crippen LogP contribution in [0.25, 0.3) is 10.8 Å². The fourth-order valence-electron chi connectivity index (χ4n) is 7.55. The summed E-state index contributed by atoms with van der Waals surface area (Å²) in [5.41, 5.74) is -1.84. The van der Waals surface area contributed by atoms with Crippen molar-refractivity contribution in [3.63, 3.8) is 0 Å². The molecule has 53 heavy (non-hydrogen) atoms.